The summed E-state index contributed by atoms with van der Waals surface area (Å²) in [7, 11) is 1.75. The summed E-state index contributed by atoms with van der Waals surface area (Å²) in [5.74, 6) is 0.193. The highest BCUT2D eigenvalue weighted by Gasteiger charge is 2.16. The molecule has 0 amide bonds. The summed E-state index contributed by atoms with van der Waals surface area (Å²) in [6.07, 6.45) is 3.58. The molecule has 19 heavy (non-hydrogen) atoms. The van der Waals surface area contributed by atoms with Gasteiger partial charge in [0.25, 0.3) is 0 Å². The minimum Gasteiger partial charge on any atom is -0.492 e. The third-order valence-corrected chi connectivity index (χ3v) is 3.55. The number of fused-ring (bicyclic) bond motifs is 1. The van der Waals surface area contributed by atoms with Crippen molar-refractivity contribution in [3.8, 4) is 5.88 Å². The van der Waals surface area contributed by atoms with Crippen LogP contribution in [0.15, 0.2) is 27.7 Å². The van der Waals surface area contributed by atoms with Gasteiger partial charge in [0.05, 0.1) is 5.69 Å². The minimum absolute atomic E-state index is 0.0793. The van der Waals surface area contributed by atoms with Crippen molar-refractivity contribution in [1.82, 2.24) is 9.55 Å². The number of nitrogens with zero attached hydrogens (tertiary/aromatic N) is 3. The van der Waals surface area contributed by atoms with Gasteiger partial charge in [0.2, 0.25) is 11.8 Å². The molecule has 2 aromatic rings. The van der Waals surface area contributed by atoms with Gasteiger partial charge in [-0.15, -0.1) is 0 Å². The number of allylic oxidation sites excluding steroid dienone is 1. The van der Waals surface area contributed by atoms with Gasteiger partial charge in [-0.05, 0) is 24.3 Å². The molecule has 0 saturated carbocycles. The van der Waals surface area contributed by atoms with Crippen LogP contribution < -0.4 is 5.73 Å². The highest BCUT2D eigenvalue weighted by Crippen LogP contribution is 2.35. The molecule has 5 nitrogen and oxygen atoms in total. The number of rotatable bonds is 1. The van der Waals surface area contributed by atoms with Gasteiger partial charge in [0.15, 0.2) is 0 Å². The number of aliphatic imine (C=N–C) groups is 1. The van der Waals surface area contributed by atoms with Crippen LogP contribution in [0.5, 0.6) is 5.88 Å². The van der Waals surface area contributed by atoms with Crippen LogP contribution in [0.3, 0.4) is 0 Å². The topological polar surface area (TPSA) is 76.4 Å². The largest absolute Gasteiger partial charge is 0.492 e. The zero-order valence-electron chi connectivity index (χ0n) is 10.1. The van der Waals surface area contributed by atoms with E-state index in [0.29, 0.717) is 5.69 Å². The molecule has 1 aromatic heterocycles. The lowest BCUT2D eigenvalue weighted by Crippen LogP contribution is -1.98. The number of benzene rings is 1. The van der Waals surface area contributed by atoms with E-state index in [1.54, 1.807) is 17.8 Å². The van der Waals surface area contributed by atoms with E-state index in [9.17, 15) is 5.11 Å². The third kappa shape index (κ3) is 1.94. The van der Waals surface area contributed by atoms with Crippen LogP contribution in [0, 0.1) is 0 Å². The Morgan fingerprint density at radius 2 is 2.21 bits per heavy atom. The summed E-state index contributed by atoms with van der Waals surface area (Å²) in [4.78, 5) is 8.15. The van der Waals surface area contributed by atoms with E-state index in [1.165, 1.54) is 0 Å². The predicted octanol–water partition coefficient (Wildman–Crippen LogP) is 2.73. The fourth-order valence-corrected chi connectivity index (χ4v) is 2.36. The SMILES string of the molecule is Cn1c(N)nc(O)c1C=C1C=Nc2ccc(Br)cc21. The number of anilines is 1. The summed E-state index contributed by atoms with van der Waals surface area (Å²) in [6, 6.07) is 5.87. The molecular formula is C13H11BrN4O. The number of halogens is 1. The fraction of sp³-hybridized carbons (Fsp3) is 0.0769. The molecule has 0 bridgehead atoms. The van der Waals surface area contributed by atoms with Gasteiger partial charge in [0, 0.05) is 28.9 Å². The Bertz CT molecular complexity index is 730. The van der Waals surface area contributed by atoms with E-state index in [1.807, 2.05) is 24.3 Å². The zero-order valence-corrected chi connectivity index (χ0v) is 11.7. The first-order valence-electron chi connectivity index (χ1n) is 5.63. The quantitative estimate of drug-likeness (QED) is 0.848. The van der Waals surface area contributed by atoms with Crippen molar-refractivity contribution in [1.29, 1.82) is 0 Å². The van der Waals surface area contributed by atoms with Crippen LogP contribution in [0.25, 0.3) is 11.6 Å². The van der Waals surface area contributed by atoms with Gasteiger partial charge >= 0.3 is 0 Å². The molecule has 96 valence electrons. The van der Waals surface area contributed by atoms with Gasteiger partial charge in [-0.2, -0.15) is 4.98 Å². The summed E-state index contributed by atoms with van der Waals surface area (Å²) in [5.41, 5.74) is 9.04. The fourth-order valence-electron chi connectivity index (χ4n) is 2.00. The number of nitrogens with two attached hydrogens (primary N) is 1. The predicted molar refractivity (Wildman–Crippen MR) is 79.5 cm³/mol. The molecule has 0 spiro atoms. The zero-order chi connectivity index (χ0) is 13.6. The Balaban J connectivity index is 2.13. The average Bonchev–Trinajstić information content (AvgIpc) is 2.86. The Kier molecular flexibility index (Phi) is 2.67. The second-order valence-corrected chi connectivity index (χ2v) is 5.17. The molecule has 0 aliphatic carbocycles. The van der Waals surface area contributed by atoms with Crippen molar-refractivity contribution in [3.05, 3.63) is 33.9 Å². The van der Waals surface area contributed by atoms with Crippen molar-refractivity contribution < 1.29 is 5.11 Å². The maximum Gasteiger partial charge on any atom is 0.238 e. The van der Waals surface area contributed by atoms with Gasteiger partial charge in [-0.3, -0.25) is 4.99 Å². The van der Waals surface area contributed by atoms with Crippen LogP contribution >= 0.6 is 15.9 Å². The number of imidazole rings is 1. The van der Waals surface area contributed by atoms with E-state index >= 15 is 0 Å². The molecule has 0 fully saturated rings. The van der Waals surface area contributed by atoms with Crippen LogP contribution in [0.4, 0.5) is 11.6 Å². The van der Waals surface area contributed by atoms with E-state index in [0.717, 1.165) is 21.3 Å². The molecule has 0 saturated heterocycles. The normalized spacial score (nSPS) is 15.2. The smallest absolute Gasteiger partial charge is 0.238 e. The Labute approximate surface area is 118 Å². The van der Waals surface area contributed by atoms with E-state index < -0.39 is 0 Å². The Hall–Kier alpha value is -2.08. The average molecular weight is 319 g/mol. The van der Waals surface area contributed by atoms with Crippen LogP contribution in [0.2, 0.25) is 0 Å². The highest BCUT2D eigenvalue weighted by molar-refractivity contribution is 9.10. The van der Waals surface area contributed by atoms with Gasteiger partial charge < -0.3 is 15.4 Å². The van der Waals surface area contributed by atoms with Crippen LogP contribution in [-0.2, 0) is 7.05 Å². The lowest BCUT2D eigenvalue weighted by Gasteiger charge is -2.02. The second kappa shape index (κ2) is 4.24. The molecule has 1 aliphatic rings. The highest BCUT2D eigenvalue weighted by atomic mass is 79.9. The number of hydrogen-bond acceptors (Lipinski definition) is 4. The molecule has 0 radical (unpaired) electrons. The van der Waals surface area contributed by atoms with Crippen LogP contribution in [-0.4, -0.2) is 20.9 Å². The first kappa shape index (κ1) is 12.0. The molecular weight excluding hydrogens is 308 g/mol. The summed E-state index contributed by atoms with van der Waals surface area (Å²) in [5, 5.41) is 9.76. The summed E-state index contributed by atoms with van der Waals surface area (Å²) in [6.45, 7) is 0. The van der Waals surface area contributed by atoms with Gasteiger partial charge in [-0.1, -0.05) is 15.9 Å². The molecule has 6 heteroatoms. The van der Waals surface area contributed by atoms with Crippen molar-refractivity contribution >= 4 is 45.4 Å². The Morgan fingerprint density at radius 3 is 2.89 bits per heavy atom. The van der Waals surface area contributed by atoms with Crippen molar-refractivity contribution in [2.75, 3.05) is 5.73 Å². The molecule has 0 unspecified atom stereocenters. The third-order valence-electron chi connectivity index (χ3n) is 3.06. The summed E-state index contributed by atoms with van der Waals surface area (Å²) >= 11 is 3.44. The van der Waals surface area contributed by atoms with E-state index in [2.05, 4.69) is 25.9 Å². The maximum atomic E-state index is 9.76. The lowest BCUT2D eigenvalue weighted by atomic mass is 10.1. The summed E-state index contributed by atoms with van der Waals surface area (Å²) < 4.78 is 2.61. The monoisotopic (exact) mass is 318 g/mol. The first-order chi connectivity index (χ1) is 9.06. The maximum absolute atomic E-state index is 9.76. The standard InChI is InChI=1S/C13H11BrN4O/c1-18-11(12(19)17-13(18)15)4-7-6-16-10-3-2-8(14)5-9(7)10/h2-6,19H,1H3,(H2,15,17). The number of aromatic nitrogens is 2. The number of aromatic hydroxyl groups is 1. The van der Waals surface area contributed by atoms with Gasteiger partial charge in [0.1, 0.15) is 5.69 Å². The Morgan fingerprint density at radius 1 is 1.42 bits per heavy atom. The minimum atomic E-state index is -0.0793. The first-order valence-corrected chi connectivity index (χ1v) is 6.42. The lowest BCUT2D eigenvalue weighted by molar-refractivity contribution is 0.455. The second-order valence-electron chi connectivity index (χ2n) is 4.26. The van der Waals surface area contributed by atoms with Crippen LogP contribution in [0.1, 0.15) is 11.3 Å². The van der Waals surface area contributed by atoms with Crippen molar-refractivity contribution in [3.63, 3.8) is 0 Å². The van der Waals surface area contributed by atoms with Crippen molar-refractivity contribution in [2.45, 2.75) is 0 Å². The number of nitrogen functional groups attached to an aromatic ring is 1. The van der Waals surface area contributed by atoms with Gasteiger partial charge in [-0.25, -0.2) is 0 Å². The molecule has 0 atom stereocenters. The molecule has 1 aliphatic heterocycles. The van der Waals surface area contributed by atoms with E-state index in [4.69, 9.17) is 5.73 Å². The molecule has 3 rings (SSSR count). The van der Waals surface area contributed by atoms with E-state index in [-0.39, 0.29) is 11.8 Å². The van der Waals surface area contributed by atoms with Crippen molar-refractivity contribution in [2.24, 2.45) is 12.0 Å². The molecule has 2 heterocycles. The molecule has 1 aromatic carbocycles. The number of hydrogen-bond donors (Lipinski definition) is 2. The molecule has 3 N–H and O–H groups in total.